The van der Waals surface area contributed by atoms with Gasteiger partial charge in [0.15, 0.2) is 6.29 Å². The first-order chi connectivity index (χ1) is 19.7. The van der Waals surface area contributed by atoms with Gasteiger partial charge in [0.1, 0.15) is 54.8 Å². The van der Waals surface area contributed by atoms with Gasteiger partial charge in [0.25, 0.3) is 0 Å². The highest BCUT2D eigenvalue weighted by atomic mass is 32.2. The monoisotopic (exact) mass is 624 g/mol. The van der Waals surface area contributed by atoms with Crippen molar-refractivity contribution in [2.75, 3.05) is 19.8 Å². The van der Waals surface area contributed by atoms with Crippen LogP contribution >= 0.6 is 0 Å². The highest BCUT2D eigenvalue weighted by Gasteiger charge is 2.48. The maximum atomic E-state index is 13.3. The third-order valence-corrected chi connectivity index (χ3v) is 8.16. The van der Waals surface area contributed by atoms with Crippen molar-refractivity contribution in [1.82, 2.24) is 10.0 Å². The van der Waals surface area contributed by atoms with Gasteiger partial charge in [-0.1, -0.05) is 17.7 Å². The molecule has 3 rings (SSSR count). The van der Waals surface area contributed by atoms with Gasteiger partial charge in [-0.25, -0.2) is 8.42 Å². The summed E-state index contributed by atoms with van der Waals surface area (Å²) >= 11 is 0. The lowest BCUT2D eigenvalue weighted by Crippen LogP contribution is -2.65. The van der Waals surface area contributed by atoms with Crippen LogP contribution in [0.1, 0.15) is 12.5 Å². The Hall–Kier alpha value is -2.33. The number of carbonyl (C=O) groups is 2. The van der Waals surface area contributed by atoms with Crippen LogP contribution in [0, 0.1) is 6.92 Å². The second-order valence-corrected chi connectivity index (χ2v) is 11.6. The molecule has 0 spiro atoms. The van der Waals surface area contributed by atoms with E-state index < -0.39 is 109 Å². The standard InChI is InChI=1S/C24H36N2O15S/c1-10-3-5-12(6-4-10)42(36,37)26-13(9-38-24-21(34)20(33)18(31)15(8-28)40-24)22(35)41-23-16(25-11(2)29)19(32)17(30)14(7-27)39-23/h3-6,13-21,23-24,26-28,30-34H,7-9H2,1-2H3,(H,25,29)/t13-,14+,15+,16+,17-,18-,19+,20-,21+,23+,24+/m0/s1. The van der Waals surface area contributed by atoms with Crippen molar-refractivity contribution < 1.29 is 72.7 Å². The molecule has 0 aromatic heterocycles. The fourth-order valence-electron chi connectivity index (χ4n) is 4.29. The quantitative estimate of drug-likeness (QED) is 0.104. The van der Waals surface area contributed by atoms with Crippen LogP contribution in [0.4, 0.5) is 0 Å². The molecule has 1 amide bonds. The largest absolute Gasteiger partial charge is 0.432 e. The normalized spacial score (nSPS) is 34.4. The number of nitrogens with one attached hydrogen (secondary N) is 2. The number of benzene rings is 1. The van der Waals surface area contributed by atoms with E-state index in [4.69, 9.17) is 18.9 Å². The second kappa shape index (κ2) is 14.4. The topological polar surface area (TPSA) is 271 Å². The van der Waals surface area contributed by atoms with Crippen LogP contribution in [0.2, 0.25) is 0 Å². The van der Waals surface area contributed by atoms with Gasteiger partial charge in [-0.2, -0.15) is 4.72 Å². The molecule has 0 bridgehead atoms. The number of rotatable bonds is 11. The fourth-order valence-corrected chi connectivity index (χ4v) is 5.46. The first-order valence-electron chi connectivity index (χ1n) is 12.8. The predicted molar refractivity (Wildman–Crippen MR) is 136 cm³/mol. The lowest BCUT2D eigenvalue weighted by molar-refractivity contribution is -0.302. The van der Waals surface area contributed by atoms with Gasteiger partial charge < -0.3 is 60.0 Å². The van der Waals surface area contributed by atoms with Gasteiger partial charge in [0.05, 0.1) is 24.7 Å². The van der Waals surface area contributed by atoms with E-state index >= 15 is 0 Å². The predicted octanol–water partition coefficient (Wildman–Crippen LogP) is -5.05. The Labute approximate surface area is 240 Å². The zero-order valence-electron chi connectivity index (χ0n) is 22.6. The van der Waals surface area contributed by atoms with Crippen LogP contribution in [-0.4, -0.2) is 143 Å². The minimum atomic E-state index is -4.43. The van der Waals surface area contributed by atoms with Gasteiger partial charge >= 0.3 is 5.97 Å². The van der Waals surface area contributed by atoms with Crippen molar-refractivity contribution in [2.45, 2.75) is 86.1 Å². The average molecular weight is 625 g/mol. The third-order valence-electron chi connectivity index (χ3n) is 6.67. The smallest absolute Gasteiger partial charge is 0.328 e. The van der Waals surface area contributed by atoms with Gasteiger partial charge in [0, 0.05) is 6.92 Å². The molecule has 2 heterocycles. The summed E-state index contributed by atoms with van der Waals surface area (Å²) in [5, 5.41) is 72.1. The zero-order chi connectivity index (χ0) is 31.4. The van der Waals surface area contributed by atoms with Gasteiger partial charge in [0.2, 0.25) is 22.2 Å². The van der Waals surface area contributed by atoms with Gasteiger partial charge in [-0.15, -0.1) is 0 Å². The molecule has 2 aliphatic heterocycles. The van der Waals surface area contributed by atoms with Crippen LogP contribution < -0.4 is 10.0 Å². The summed E-state index contributed by atoms with van der Waals surface area (Å²) in [7, 11) is -4.43. The summed E-state index contributed by atoms with van der Waals surface area (Å²) in [6, 6.07) is 2.08. The van der Waals surface area contributed by atoms with Crippen LogP contribution in [0.15, 0.2) is 29.2 Å². The van der Waals surface area contributed by atoms with E-state index in [0.29, 0.717) is 0 Å². The molecule has 18 heteroatoms. The lowest BCUT2D eigenvalue weighted by Gasteiger charge is -2.42. The van der Waals surface area contributed by atoms with Crippen LogP contribution in [-0.2, 0) is 38.6 Å². The van der Waals surface area contributed by atoms with Crippen molar-refractivity contribution in [3.63, 3.8) is 0 Å². The Morgan fingerprint density at radius 1 is 0.881 bits per heavy atom. The Morgan fingerprint density at radius 2 is 1.43 bits per heavy atom. The first-order valence-corrected chi connectivity index (χ1v) is 14.3. The molecule has 17 nitrogen and oxygen atoms in total. The Morgan fingerprint density at radius 3 is 1.98 bits per heavy atom. The molecule has 238 valence electrons. The molecule has 42 heavy (non-hydrogen) atoms. The highest BCUT2D eigenvalue weighted by Crippen LogP contribution is 2.25. The zero-order valence-corrected chi connectivity index (χ0v) is 23.4. The van der Waals surface area contributed by atoms with E-state index in [1.54, 1.807) is 6.92 Å². The maximum Gasteiger partial charge on any atom is 0.328 e. The second-order valence-electron chi connectivity index (χ2n) is 9.89. The van der Waals surface area contributed by atoms with Crippen LogP contribution in [0.5, 0.6) is 0 Å². The summed E-state index contributed by atoms with van der Waals surface area (Å²) in [5.74, 6) is -2.09. The summed E-state index contributed by atoms with van der Waals surface area (Å²) in [5.41, 5.74) is 0.744. The average Bonchev–Trinajstić information content (AvgIpc) is 2.94. The van der Waals surface area contributed by atoms with Gasteiger partial charge in [-0.05, 0) is 19.1 Å². The molecule has 2 aliphatic rings. The van der Waals surface area contributed by atoms with Crippen molar-refractivity contribution in [3.05, 3.63) is 29.8 Å². The third kappa shape index (κ3) is 7.98. The molecule has 0 radical (unpaired) electrons. The van der Waals surface area contributed by atoms with E-state index in [-0.39, 0.29) is 4.90 Å². The van der Waals surface area contributed by atoms with E-state index in [1.807, 2.05) is 0 Å². The minimum absolute atomic E-state index is 0.248. The Bertz CT molecular complexity index is 1170. The van der Waals surface area contributed by atoms with E-state index in [1.165, 1.54) is 24.3 Å². The summed E-state index contributed by atoms with van der Waals surface area (Å²) in [4.78, 5) is 24.8. The molecule has 2 fully saturated rings. The molecule has 0 unspecified atom stereocenters. The number of hydrogen-bond acceptors (Lipinski definition) is 15. The van der Waals surface area contributed by atoms with Crippen LogP contribution in [0.25, 0.3) is 0 Å². The molecular formula is C24H36N2O15S. The molecule has 1 aromatic rings. The SMILES string of the molecule is CC(=O)N[C@H]1[C@@H](OC(=O)[C@H](CO[C@@H]2O[C@H](CO)[C@H](O)[C@H](O)[C@H]2O)NS(=O)(=O)c2ccc(C)cc2)O[C@H](CO)[C@H](O)[C@@H]1O. The van der Waals surface area contributed by atoms with E-state index in [9.17, 15) is 53.8 Å². The highest BCUT2D eigenvalue weighted by molar-refractivity contribution is 7.89. The number of aliphatic hydroxyl groups excluding tert-OH is 7. The molecule has 11 atom stereocenters. The number of esters is 1. The minimum Gasteiger partial charge on any atom is -0.432 e. The lowest BCUT2D eigenvalue weighted by atomic mass is 9.97. The molecule has 1 aromatic carbocycles. The number of amides is 1. The number of carbonyl (C=O) groups excluding carboxylic acids is 2. The number of aliphatic hydroxyl groups is 7. The summed E-state index contributed by atoms with van der Waals surface area (Å²) in [6.07, 6.45) is -15.2. The number of ether oxygens (including phenoxy) is 4. The molecule has 0 aliphatic carbocycles. The van der Waals surface area contributed by atoms with Crippen LogP contribution in [0.3, 0.4) is 0 Å². The molecule has 0 saturated carbocycles. The van der Waals surface area contributed by atoms with E-state index in [0.717, 1.165) is 12.5 Å². The summed E-state index contributed by atoms with van der Waals surface area (Å²) in [6.45, 7) is 0.295. The Kier molecular flexibility index (Phi) is 11.7. The number of sulfonamides is 1. The maximum absolute atomic E-state index is 13.3. The first kappa shape index (κ1) is 34.2. The number of hydrogen-bond donors (Lipinski definition) is 9. The van der Waals surface area contributed by atoms with Crippen molar-refractivity contribution in [1.29, 1.82) is 0 Å². The summed E-state index contributed by atoms with van der Waals surface area (Å²) < 4.78 is 49.5. The van der Waals surface area contributed by atoms with Crippen molar-refractivity contribution in [3.8, 4) is 0 Å². The fraction of sp³-hybridized carbons (Fsp3) is 0.667. The van der Waals surface area contributed by atoms with Crippen molar-refractivity contribution >= 4 is 21.9 Å². The molecule has 2 saturated heterocycles. The van der Waals surface area contributed by atoms with Crippen molar-refractivity contribution in [2.24, 2.45) is 0 Å². The molecular weight excluding hydrogens is 588 g/mol. The van der Waals surface area contributed by atoms with E-state index in [2.05, 4.69) is 10.0 Å². The number of aryl methyl sites for hydroxylation is 1. The van der Waals surface area contributed by atoms with Gasteiger partial charge in [-0.3, -0.25) is 9.59 Å². The molecule has 9 N–H and O–H groups in total. The Balaban J connectivity index is 1.87.